The van der Waals surface area contributed by atoms with E-state index in [0.717, 1.165) is 66.8 Å². The molecule has 3 aromatic carbocycles. The van der Waals surface area contributed by atoms with Crippen LogP contribution in [0.25, 0.3) is 0 Å². The number of anilines is 2. The Kier molecular flexibility index (Phi) is 6.38. The fourth-order valence-electron chi connectivity index (χ4n) is 4.58. The van der Waals surface area contributed by atoms with E-state index in [1.54, 1.807) is 26.4 Å². The van der Waals surface area contributed by atoms with E-state index >= 15 is 0 Å². The number of morpholine rings is 1. The summed E-state index contributed by atoms with van der Waals surface area (Å²) in [4.78, 5) is 17.9. The van der Waals surface area contributed by atoms with Crippen LogP contribution in [0.1, 0.15) is 27.7 Å². The molecular formula is C27H29N3O4. The summed E-state index contributed by atoms with van der Waals surface area (Å²) >= 11 is 0. The van der Waals surface area contributed by atoms with Gasteiger partial charge in [0.25, 0.3) is 5.91 Å². The standard InChI is InChI=1S/C27H29N3O4/c1-32-22-10-7-19(8-11-22)27(31)30-24-6-4-3-5-23(24)28-26(30)20-9-12-25(33-2)21(17-20)18-29-13-15-34-16-14-29/h3-12,17,26,28H,13-16,18H2,1-2H3. The van der Waals surface area contributed by atoms with Gasteiger partial charge in [0.1, 0.15) is 17.7 Å². The van der Waals surface area contributed by atoms with Crippen molar-refractivity contribution in [3.05, 3.63) is 83.4 Å². The fraction of sp³-hybridized carbons (Fsp3) is 0.296. The number of nitrogens with one attached hydrogen (secondary N) is 1. The second kappa shape index (κ2) is 9.75. The molecule has 2 aliphatic heterocycles. The molecule has 34 heavy (non-hydrogen) atoms. The molecule has 1 fully saturated rings. The average molecular weight is 460 g/mol. The molecule has 1 amide bonds. The van der Waals surface area contributed by atoms with Crippen LogP contribution in [0.5, 0.6) is 11.5 Å². The van der Waals surface area contributed by atoms with E-state index in [-0.39, 0.29) is 12.1 Å². The van der Waals surface area contributed by atoms with Crippen molar-refractivity contribution in [3.8, 4) is 11.5 Å². The van der Waals surface area contributed by atoms with E-state index in [2.05, 4.69) is 16.3 Å². The number of hydrogen-bond donors (Lipinski definition) is 1. The van der Waals surface area contributed by atoms with Crippen LogP contribution in [-0.2, 0) is 11.3 Å². The van der Waals surface area contributed by atoms with Gasteiger partial charge in [0.05, 0.1) is 38.8 Å². The van der Waals surface area contributed by atoms with Gasteiger partial charge < -0.3 is 19.5 Å². The van der Waals surface area contributed by atoms with Gasteiger partial charge in [0, 0.05) is 30.8 Å². The third-order valence-corrected chi connectivity index (χ3v) is 6.39. The molecule has 0 bridgehead atoms. The Balaban J connectivity index is 1.49. The molecule has 1 unspecified atom stereocenters. The lowest BCUT2D eigenvalue weighted by molar-refractivity contribution is 0.0338. The number of rotatable bonds is 6. The monoisotopic (exact) mass is 459 g/mol. The molecule has 1 atom stereocenters. The number of nitrogens with zero attached hydrogens (tertiary/aromatic N) is 2. The number of methoxy groups -OCH3 is 2. The van der Waals surface area contributed by atoms with Crippen LogP contribution in [0, 0.1) is 0 Å². The number of carbonyl (C=O) groups is 1. The number of amides is 1. The Hall–Kier alpha value is -3.55. The van der Waals surface area contributed by atoms with Gasteiger partial charge in [0.15, 0.2) is 0 Å². The maximum absolute atomic E-state index is 13.7. The first-order chi connectivity index (χ1) is 16.7. The molecule has 3 aromatic rings. The highest BCUT2D eigenvalue weighted by Gasteiger charge is 2.35. The van der Waals surface area contributed by atoms with E-state index in [4.69, 9.17) is 14.2 Å². The first-order valence-electron chi connectivity index (χ1n) is 11.5. The quantitative estimate of drug-likeness (QED) is 0.593. The number of carbonyl (C=O) groups excluding carboxylic acids is 1. The average Bonchev–Trinajstić information content (AvgIpc) is 3.28. The van der Waals surface area contributed by atoms with Gasteiger partial charge in [-0.1, -0.05) is 18.2 Å². The Morgan fingerprint density at radius 2 is 1.76 bits per heavy atom. The summed E-state index contributed by atoms with van der Waals surface area (Å²) in [6, 6.07) is 21.3. The number of hydrogen-bond acceptors (Lipinski definition) is 6. The van der Waals surface area contributed by atoms with Crippen molar-refractivity contribution in [2.24, 2.45) is 0 Å². The van der Waals surface area contributed by atoms with E-state index in [0.29, 0.717) is 5.56 Å². The summed E-state index contributed by atoms with van der Waals surface area (Å²) < 4.78 is 16.4. The Bertz CT molecular complexity index is 1160. The first-order valence-corrected chi connectivity index (χ1v) is 11.5. The highest BCUT2D eigenvalue weighted by molar-refractivity contribution is 6.10. The largest absolute Gasteiger partial charge is 0.497 e. The number of para-hydroxylation sites is 2. The molecule has 0 aliphatic carbocycles. The van der Waals surface area contributed by atoms with Crippen molar-refractivity contribution in [1.82, 2.24) is 4.90 Å². The molecule has 0 saturated carbocycles. The summed E-state index contributed by atoms with van der Waals surface area (Å²) in [5.74, 6) is 1.49. The molecule has 176 valence electrons. The van der Waals surface area contributed by atoms with Crippen molar-refractivity contribution in [2.75, 3.05) is 50.7 Å². The van der Waals surface area contributed by atoms with E-state index < -0.39 is 0 Å². The second-order valence-corrected chi connectivity index (χ2v) is 8.43. The summed E-state index contributed by atoms with van der Waals surface area (Å²) in [5.41, 5.74) is 4.49. The maximum atomic E-state index is 13.7. The molecule has 0 spiro atoms. The highest BCUT2D eigenvalue weighted by atomic mass is 16.5. The van der Waals surface area contributed by atoms with E-state index in [1.165, 1.54) is 0 Å². The maximum Gasteiger partial charge on any atom is 0.260 e. The number of ether oxygens (including phenoxy) is 3. The summed E-state index contributed by atoms with van der Waals surface area (Å²) in [6.07, 6.45) is -0.332. The Morgan fingerprint density at radius 1 is 1.00 bits per heavy atom. The van der Waals surface area contributed by atoms with Gasteiger partial charge in [-0.05, 0) is 54.1 Å². The van der Waals surface area contributed by atoms with Crippen molar-refractivity contribution in [1.29, 1.82) is 0 Å². The normalized spacial score (nSPS) is 17.7. The molecular weight excluding hydrogens is 430 g/mol. The minimum absolute atomic E-state index is 0.0735. The lowest BCUT2D eigenvalue weighted by atomic mass is 10.0. The minimum atomic E-state index is -0.332. The van der Waals surface area contributed by atoms with Crippen LogP contribution in [0.3, 0.4) is 0 Å². The Labute approximate surface area is 199 Å². The SMILES string of the molecule is COc1ccc(C(=O)N2c3ccccc3NC2c2ccc(OC)c(CN3CCOCC3)c2)cc1. The van der Waals surface area contributed by atoms with Gasteiger partial charge >= 0.3 is 0 Å². The van der Waals surface area contributed by atoms with Crippen LogP contribution < -0.4 is 19.7 Å². The van der Waals surface area contributed by atoms with Gasteiger partial charge in [0.2, 0.25) is 0 Å². The highest BCUT2D eigenvalue weighted by Crippen LogP contribution is 2.42. The van der Waals surface area contributed by atoms with E-state index in [1.807, 2.05) is 53.4 Å². The second-order valence-electron chi connectivity index (χ2n) is 8.43. The topological polar surface area (TPSA) is 63.3 Å². The zero-order valence-corrected chi connectivity index (χ0v) is 19.5. The molecule has 2 aliphatic rings. The predicted octanol–water partition coefficient (Wildman–Crippen LogP) is 4.31. The first kappa shape index (κ1) is 22.3. The van der Waals surface area contributed by atoms with Crippen LogP contribution in [0.15, 0.2) is 66.7 Å². The lowest BCUT2D eigenvalue weighted by Crippen LogP contribution is -2.36. The smallest absolute Gasteiger partial charge is 0.260 e. The molecule has 1 saturated heterocycles. The molecule has 1 N–H and O–H groups in total. The lowest BCUT2D eigenvalue weighted by Gasteiger charge is -2.29. The van der Waals surface area contributed by atoms with Gasteiger partial charge in [-0.15, -0.1) is 0 Å². The zero-order valence-electron chi connectivity index (χ0n) is 19.5. The molecule has 2 heterocycles. The summed E-state index contributed by atoms with van der Waals surface area (Å²) in [6.45, 7) is 4.04. The van der Waals surface area contributed by atoms with Crippen LogP contribution in [0.4, 0.5) is 11.4 Å². The number of fused-ring (bicyclic) bond motifs is 1. The molecule has 5 rings (SSSR count). The molecule has 0 aromatic heterocycles. The predicted molar refractivity (Wildman–Crippen MR) is 132 cm³/mol. The third kappa shape index (κ3) is 4.32. The number of benzene rings is 3. The zero-order chi connectivity index (χ0) is 23.5. The minimum Gasteiger partial charge on any atom is -0.497 e. The van der Waals surface area contributed by atoms with Crippen LogP contribution >= 0.6 is 0 Å². The molecule has 7 nitrogen and oxygen atoms in total. The van der Waals surface area contributed by atoms with Gasteiger partial charge in [-0.3, -0.25) is 14.6 Å². The van der Waals surface area contributed by atoms with Crippen molar-refractivity contribution >= 4 is 17.3 Å². The Morgan fingerprint density at radius 3 is 2.50 bits per heavy atom. The van der Waals surface area contributed by atoms with Gasteiger partial charge in [-0.2, -0.15) is 0 Å². The van der Waals surface area contributed by atoms with Crippen molar-refractivity contribution in [3.63, 3.8) is 0 Å². The molecule has 7 heteroatoms. The van der Waals surface area contributed by atoms with Crippen molar-refractivity contribution in [2.45, 2.75) is 12.7 Å². The van der Waals surface area contributed by atoms with Crippen LogP contribution in [0.2, 0.25) is 0 Å². The summed E-state index contributed by atoms with van der Waals surface area (Å²) in [7, 11) is 3.31. The molecule has 0 radical (unpaired) electrons. The van der Waals surface area contributed by atoms with Crippen molar-refractivity contribution < 1.29 is 19.0 Å². The van der Waals surface area contributed by atoms with Gasteiger partial charge in [-0.25, -0.2) is 0 Å². The van der Waals surface area contributed by atoms with E-state index in [9.17, 15) is 4.79 Å². The summed E-state index contributed by atoms with van der Waals surface area (Å²) in [5, 5.41) is 3.55. The third-order valence-electron chi connectivity index (χ3n) is 6.39. The fourth-order valence-corrected chi connectivity index (χ4v) is 4.58. The van der Waals surface area contributed by atoms with Crippen LogP contribution in [-0.4, -0.2) is 51.3 Å².